The van der Waals surface area contributed by atoms with Crippen molar-refractivity contribution in [1.82, 2.24) is 14.8 Å². The number of aryl methyl sites for hydroxylation is 2. The predicted octanol–water partition coefficient (Wildman–Crippen LogP) is 4.94. The molecule has 7 heteroatoms. The van der Waals surface area contributed by atoms with Gasteiger partial charge in [-0.05, 0) is 67.6 Å². The summed E-state index contributed by atoms with van der Waals surface area (Å²) in [5, 5.41) is 0. The van der Waals surface area contributed by atoms with E-state index in [2.05, 4.69) is 66.0 Å². The maximum absolute atomic E-state index is 11.4. The molecule has 2 fully saturated rings. The van der Waals surface area contributed by atoms with E-state index in [9.17, 15) is 4.79 Å². The molecule has 208 valence electrons. The standard InChI is InChI=1S/C18H23N5O.C14H20O/c1-22-6-8-23(9-7-22)12-13-2-4-14(5-3-13)15-10-16(18(20)24)17(19)21-11-15;1-11-7-8-13(9-12(11)2)10-15-14-5-3-4-6-14/h2-5,10-11H,6-9,12H2,1H3,(H2,19,21)(H2,20,24);7-9,14H,3-6,10H2,1-2H3. The number of nitrogens with two attached hydrogens (primary N) is 2. The molecule has 3 aromatic rings. The van der Waals surface area contributed by atoms with E-state index in [1.54, 1.807) is 12.3 Å². The van der Waals surface area contributed by atoms with Crippen molar-refractivity contribution >= 4 is 11.7 Å². The van der Waals surface area contributed by atoms with Gasteiger partial charge in [0.15, 0.2) is 0 Å². The van der Waals surface area contributed by atoms with Crippen LogP contribution in [0.5, 0.6) is 0 Å². The second-order valence-corrected chi connectivity index (χ2v) is 10.9. The fraction of sp³-hybridized carbons (Fsp3) is 0.438. The maximum atomic E-state index is 11.4. The van der Waals surface area contributed by atoms with Crippen molar-refractivity contribution in [2.75, 3.05) is 39.0 Å². The lowest BCUT2D eigenvalue weighted by atomic mass is 10.0. The third kappa shape index (κ3) is 8.36. The highest BCUT2D eigenvalue weighted by Gasteiger charge is 2.16. The van der Waals surface area contributed by atoms with Gasteiger partial charge >= 0.3 is 0 Å². The van der Waals surface area contributed by atoms with Gasteiger partial charge in [-0.25, -0.2) is 4.98 Å². The molecule has 1 saturated carbocycles. The van der Waals surface area contributed by atoms with Crippen molar-refractivity contribution in [3.05, 3.63) is 82.5 Å². The molecule has 5 rings (SSSR count). The number of nitrogens with zero attached hydrogens (tertiary/aromatic N) is 3. The number of pyridine rings is 1. The minimum absolute atomic E-state index is 0.165. The molecule has 0 bridgehead atoms. The highest BCUT2D eigenvalue weighted by molar-refractivity contribution is 5.98. The number of carbonyl (C=O) groups excluding carboxylic acids is 1. The van der Waals surface area contributed by atoms with Crippen LogP contribution in [0.3, 0.4) is 0 Å². The first-order valence-corrected chi connectivity index (χ1v) is 14.0. The van der Waals surface area contributed by atoms with Gasteiger partial charge in [-0.15, -0.1) is 0 Å². The van der Waals surface area contributed by atoms with Gasteiger partial charge < -0.3 is 21.1 Å². The number of likely N-dealkylation sites (N-methyl/N-ethyl adjacent to an activating group) is 1. The minimum Gasteiger partial charge on any atom is -0.383 e. The summed E-state index contributed by atoms with van der Waals surface area (Å²) in [5.41, 5.74) is 18.4. The first-order valence-electron chi connectivity index (χ1n) is 14.0. The highest BCUT2D eigenvalue weighted by atomic mass is 16.5. The summed E-state index contributed by atoms with van der Waals surface area (Å²) in [7, 11) is 2.16. The minimum atomic E-state index is -0.562. The molecule has 0 unspecified atom stereocenters. The summed E-state index contributed by atoms with van der Waals surface area (Å²) in [6, 6.07) is 16.6. The molecule has 0 atom stereocenters. The number of carbonyl (C=O) groups is 1. The van der Waals surface area contributed by atoms with Crippen molar-refractivity contribution < 1.29 is 9.53 Å². The van der Waals surface area contributed by atoms with Crippen LogP contribution < -0.4 is 11.5 Å². The molecular weight excluding hydrogens is 486 g/mol. The molecule has 39 heavy (non-hydrogen) atoms. The molecular formula is C32H43N5O2. The fourth-order valence-electron chi connectivity index (χ4n) is 5.06. The lowest BCUT2D eigenvalue weighted by molar-refractivity contribution is 0.0456. The zero-order chi connectivity index (χ0) is 27.8. The lowest BCUT2D eigenvalue weighted by Crippen LogP contribution is -2.43. The average Bonchev–Trinajstić information content (AvgIpc) is 3.46. The van der Waals surface area contributed by atoms with Gasteiger partial charge in [0.25, 0.3) is 5.91 Å². The van der Waals surface area contributed by atoms with Crippen molar-refractivity contribution in [1.29, 1.82) is 0 Å². The summed E-state index contributed by atoms with van der Waals surface area (Å²) < 4.78 is 5.88. The molecule has 4 N–H and O–H groups in total. The number of hydrogen-bond donors (Lipinski definition) is 2. The van der Waals surface area contributed by atoms with Gasteiger partial charge in [0, 0.05) is 44.5 Å². The summed E-state index contributed by atoms with van der Waals surface area (Å²) in [5.74, 6) is -0.397. The van der Waals surface area contributed by atoms with E-state index < -0.39 is 5.91 Å². The van der Waals surface area contributed by atoms with Gasteiger partial charge in [-0.1, -0.05) is 55.3 Å². The van der Waals surface area contributed by atoms with Gasteiger partial charge in [0.05, 0.1) is 18.3 Å². The van der Waals surface area contributed by atoms with E-state index in [1.165, 1.54) is 47.9 Å². The molecule has 2 heterocycles. The van der Waals surface area contributed by atoms with E-state index in [0.29, 0.717) is 6.10 Å². The van der Waals surface area contributed by atoms with Gasteiger partial charge in [-0.2, -0.15) is 0 Å². The largest absolute Gasteiger partial charge is 0.383 e. The smallest absolute Gasteiger partial charge is 0.252 e. The van der Waals surface area contributed by atoms with Gasteiger partial charge in [0.1, 0.15) is 5.82 Å². The van der Waals surface area contributed by atoms with E-state index >= 15 is 0 Å². The topological polar surface area (TPSA) is 97.7 Å². The molecule has 1 saturated heterocycles. The van der Waals surface area contributed by atoms with Crippen molar-refractivity contribution in [2.45, 2.75) is 58.8 Å². The van der Waals surface area contributed by atoms with Crippen LogP contribution >= 0.6 is 0 Å². The number of hydrogen-bond acceptors (Lipinski definition) is 6. The van der Waals surface area contributed by atoms with Gasteiger partial charge in [0.2, 0.25) is 0 Å². The van der Waals surface area contributed by atoms with Crippen molar-refractivity contribution in [3.63, 3.8) is 0 Å². The van der Waals surface area contributed by atoms with Crippen LogP contribution in [-0.2, 0) is 17.9 Å². The zero-order valence-electron chi connectivity index (χ0n) is 23.7. The SMILES string of the molecule is CN1CCN(Cc2ccc(-c3cnc(N)c(C(N)=O)c3)cc2)CC1.Cc1ccc(COC2CCCC2)cc1C. The zero-order valence-corrected chi connectivity index (χ0v) is 23.7. The number of nitrogen functional groups attached to an aromatic ring is 1. The number of ether oxygens (including phenoxy) is 1. The monoisotopic (exact) mass is 529 g/mol. The normalized spacial score (nSPS) is 16.6. The molecule has 2 aliphatic rings. The van der Waals surface area contributed by atoms with Gasteiger partial charge in [-0.3, -0.25) is 9.69 Å². The number of amides is 1. The lowest BCUT2D eigenvalue weighted by Gasteiger charge is -2.32. The second-order valence-electron chi connectivity index (χ2n) is 10.9. The molecule has 7 nitrogen and oxygen atoms in total. The van der Waals surface area contributed by atoms with E-state index in [1.807, 2.05) is 12.1 Å². The molecule has 0 spiro atoms. The Morgan fingerprint density at radius 2 is 1.59 bits per heavy atom. The predicted molar refractivity (Wildman–Crippen MR) is 158 cm³/mol. The Hall–Kier alpha value is -3.26. The van der Waals surface area contributed by atoms with Crippen LogP contribution in [0, 0.1) is 13.8 Å². The van der Waals surface area contributed by atoms with E-state index in [-0.39, 0.29) is 11.4 Å². The summed E-state index contributed by atoms with van der Waals surface area (Å²) in [6.45, 7) is 10.5. The van der Waals surface area contributed by atoms with Crippen LogP contribution in [0.4, 0.5) is 5.82 Å². The summed E-state index contributed by atoms with van der Waals surface area (Å²) in [4.78, 5) is 20.3. The summed E-state index contributed by atoms with van der Waals surface area (Å²) in [6.07, 6.45) is 7.38. The molecule has 0 radical (unpaired) electrons. The highest BCUT2D eigenvalue weighted by Crippen LogP contribution is 2.24. The summed E-state index contributed by atoms with van der Waals surface area (Å²) >= 11 is 0. The Labute approximate surface area is 233 Å². The van der Waals surface area contributed by atoms with Crippen LogP contribution in [0.2, 0.25) is 0 Å². The van der Waals surface area contributed by atoms with Crippen LogP contribution in [0.1, 0.15) is 58.3 Å². The fourth-order valence-corrected chi connectivity index (χ4v) is 5.06. The number of anilines is 1. The average molecular weight is 530 g/mol. The first kappa shape index (κ1) is 28.7. The quantitative estimate of drug-likeness (QED) is 0.450. The number of primary amides is 1. The number of aromatic nitrogens is 1. The number of benzene rings is 2. The Balaban J connectivity index is 0.000000202. The Bertz CT molecular complexity index is 1230. The Morgan fingerprint density at radius 1 is 0.923 bits per heavy atom. The van der Waals surface area contributed by atoms with Crippen LogP contribution in [0.15, 0.2) is 54.7 Å². The van der Waals surface area contributed by atoms with E-state index in [0.717, 1.165) is 50.5 Å². The third-order valence-corrected chi connectivity index (χ3v) is 7.83. The molecule has 1 amide bonds. The van der Waals surface area contributed by atoms with E-state index in [4.69, 9.17) is 16.2 Å². The van der Waals surface area contributed by atoms with Crippen LogP contribution in [0.25, 0.3) is 11.1 Å². The molecule has 2 aromatic carbocycles. The third-order valence-electron chi connectivity index (χ3n) is 7.83. The first-order chi connectivity index (χ1) is 18.8. The van der Waals surface area contributed by atoms with Crippen molar-refractivity contribution in [3.8, 4) is 11.1 Å². The second kappa shape index (κ2) is 13.7. The molecule has 1 aromatic heterocycles. The molecule has 1 aliphatic heterocycles. The molecule has 1 aliphatic carbocycles. The van der Waals surface area contributed by atoms with Crippen LogP contribution in [-0.4, -0.2) is 60.0 Å². The number of piperazine rings is 1. The maximum Gasteiger partial charge on any atom is 0.252 e. The number of rotatable bonds is 7. The Kier molecular flexibility index (Phi) is 10.1. The van der Waals surface area contributed by atoms with Crippen molar-refractivity contribution in [2.24, 2.45) is 5.73 Å². The Morgan fingerprint density at radius 3 is 2.23 bits per heavy atom.